The van der Waals surface area contributed by atoms with Gasteiger partial charge in [0.2, 0.25) is 0 Å². The average molecular weight is 230 g/mol. The van der Waals surface area contributed by atoms with Gasteiger partial charge < -0.3 is 9.90 Å². The van der Waals surface area contributed by atoms with Gasteiger partial charge in [-0.3, -0.25) is 4.79 Å². The van der Waals surface area contributed by atoms with E-state index < -0.39 is 23.6 Å². The van der Waals surface area contributed by atoms with Gasteiger partial charge in [0.25, 0.3) is 0 Å². The lowest BCUT2D eigenvalue weighted by molar-refractivity contribution is -0.410. The highest BCUT2D eigenvalue weighted by molar-refractivity contribution is 5.70. The summed E-state index contributed by atoms with van der Waals surface area (Å²) in [5, 5.41) is 8.82. The van der Waals surface area contributed by atoms with Crippen LogP contribution in [0.5, 0.6) is 0 Å². The maximum atomic E-state index is 10.8. The fraction of sp³-hybridized carbons (Fsp3) is 0.818. The van der Waals surface area contributed by atoms with Crippen molar-refractivity contribution in [1.29, 1.82) is 0 Å². The van der Waals surface area contributed by atoms with Crippen molar-refractivity contribution >= 4 is 12.3 Å². The van der Waals surface area contributed by atoms with E-state index >= 15 is 0 Å². The molecule has 0 radical (unpaired) electrons. The number of carbonyl (C=O) groups is 2. The standard InChI is InChI=1S/C11H18O5/c1-8(10(13)14)9-4-6-11(2,16-15-9)5-3-7-12/h7-9H,3-6H2,1-2H3,(H,13,14)/t8?,9-,11+/m1/s1. The van der Waals surface area contributed by atoms with Crippen LogP contribution in [0, 0.1) is 5.92 Å². The van der Waals surface area contributed by atoms with E-state index in [0.717, 1.165) is 6.29 Å². The molecule has 0 aliphatic carbocycles. The number of hydrogen-bond donors (Lipinski definition) is 1. The molecule has 1 N–H and O–H groups in total. The minimum absolute atomic E-state index is 0.401. The van der Waals surface area contributed by atoms with Gasteiger partial charge in [0, 0.05) is 6.42 Å². The van der Waals surface area contributed by atoms with E-state index in [9.17, 15) is 9.59 Å². The SMILES string of the molecule is CC(C(=O)O)[C@H]1CC[C@](C)(CCC=O)OO1. The summed E-state index contributed by atoms with van der Waals surface area (Å²) < 4.78 is 0. The van der Waals surface area contributed by atoms with E-state index in [1.54, 1.807) is 6.92 Å². The van der Waals surface area contributed by atoms with E-state index in [1.165, 1.54) is 0 Å². The first kappa shape index (κ1) is 13.1. The monoisotopic (exact) mass is 230 g/mol. The number of rotatable bonds is 5. The van der Waals surface area contributed by atoms with Crippen LogP contribution in [-0.2, 0) is 19.4 Å². The highest BCUT2D eigenvalue weighted by Gasteiger charge is 2.37. The van der Waals surface area contributed by atoms with Gasteiger partial charge in [-0.1, -0.05) is 0 Å². The Labute approximate surface area is 94.7 Å². The van der Waals surface area contributed by atoms with Gasteiger partial charge in [0.1, 0.15) is 18.0 Å². The largest absolute Gasteiger partial charge is 0.481 e. The minimum Gasteiger partial charge on any atom is -0.481 e. The lowest BCUT2D eigenvalue weighted by atomic mass is 9.89. The van der Waals surface area contributed by atoms with E-state index in [1.807, 2.05) is 6.92 Å². The normalized spacial score (nSPS) is 32.0. The fourth-order valence-electron chi connectivity index (χ4n) is 1.74. The Hall–Kier alpha value is -0.940. The molecule has 0 aromatic rings. The molecule has 5 nitrogen and oxygen atoms in total. The highest BCUT2D eigenvalue weighted by atomic mass is 17.2. The molecular formula is C11H18O5. The Morgan fingerprint density at radius 1 is 1.69 bits per heavy atom. The first-order valence-corrected chi connectivity index (χ1v) is 5.49. The van der Waals surface area contributed by atoms with Crippen LogP contribution in [-0.4, -0.2) is 29.1 Å². The molecule has 92 valence electrons. The molecule has 1 aliphatic rings. The summed E-state index contributed by atoms with van der Waals surface area (Å²) in [7, 11) is 0. The Morgan fingerprint density at radius 3 is 2.81 bits per heavy atom. The van der Waals surface area contributed by atoms with Crippen molar-refractivity contribution in [3.8, 4) is 0 Å². The number of aldehydes is 1. The second-order valence-corrected chi connectivity index (χ2v) is 4.54. The van der Waals surface area contributed by atoms with Crippen LogP contribution >= 0.6 is 0 Å². The van der Waals surface area contributed by atoms with Crippen molar-refractivity contribution in [3.05, 3.63) is 0 Å². The van der Waals surface area contributed by atoms with E-state index in [4.69, 9.17) is 14.9 Å². The molecule has 1 fully saturated rings. The lowest BCUT2D eigenvalue weighted by Gasteiger charge is -2.36. The molecule has 0 amide bonds. The second kappa shape index (κ2) is 5.41. The third-order valence-corrected chi connectivity index (χ3v) is 3.07. The molecule has 3 atom stereocenters. The van der Waals surface area contributed by atoms with Crippen LogP contribution in [0.4, 0.5) is 0 Å². The summed E-state index contributed by atoms with van der Waals surface area (Å²) in [6.45, 7) is 3.47. The van der Waals surface area contributed by atoms with E-state index in [0.29, 0.717) is 25.7 Å². The van der Waals surface area contributed by atoms with Crippen molar-refractivity contribution in [2.75, 3.05) is 0 Å². The Bertz CT molecular complexity index is 255. The highest BCUT2D eigenvalue weighted by Crippen LogP contribution is 2.32. The molecule has 0 spiro atoms. The number of carboxylic acid groups (broad SMARTS) is 1. The molecule has 1 heterocycles. The van der Waals surface area contributed by atoms with Gasteiger partial charge in [0.15, 0.2) is 0 Å². The maximum Gasteiger partial charge on any atom is 0.308 e. The predicted molar refractivity (Wildman–Crippen MR) is 55.7 cm³/mol. The smallest absolute Gasteiger partial charge is 0.308 e. The summed E-state index contributed by atoms with van der Waals surface area (Å²) in [5.74, 6) is -1.46. The Kier molecular flexibility index (Phi) is 4.44. The fourth-order valence-corrected chi connectivity index (χ4v) is 1.74. The number of carboxylic acids is 1. The van der Waals surface area contributed by atoms with Crippen molar-refractivity contribution in [2.45, 2.75) is 51.2 Å². The molecule has 1 rings (SSSR count). The third-order valence-electron chi connectivity index (χ3n) is 3.07. The predicted octanol–water partition coefficient (Wildman–Crippen LogP) is 1.56. The topological polar surface area (TPSA) is 72.8 Å². The average Bonchev–Trinajstić information content (AvgIpc) is 2.26. The summed E-state index contributed by atoms with van der Waals surface area (Å²) in [5.41, 5.74) is -0.463. The number of hydrogen-bond acceptors (Lipinski definition) is 4. The molecular weight excluding hydrogens is 212 g/mol. The van der Waals surface area contributed by atoms with Crippen LogP contribution in [0.1, 0.15) is 39.5 Å². The van der Waals surface area contributed by atoms with E-state index in [-0.39, 0.29) is 0 Å². The molecule has 1 aliphatic heterocycles. The zero-order chi connectivity index (χ0) is 12.2. The zero-order valence-corrected chi connectivity index (χ0v) is 9.64. The molecule has 0 bridgehead atoms. The maximum absolute atomic E-state index is 10.8. The molecule has 16 heavy (non-hydrogen) atoms. The quantitative estimate of drug-likeness (QED) is 0.573. The van der Waals surface area contributed by atoms with Gasteiger partial charge in [-0.15, -0.1) is 0 Å². The van der Waals surface area contributed by atoms with Gasteiger partial charge in [-0.2, -0.15) is 0 Å². The van der Waals surface area contributed by atoms with Crippen molar-refractivity contribution < 1.29 is 24.5 Å². The zero-order valence-electron chi connectivity index (χ0n) is 9.64. The number of aliphatic carboxylic acids is 1. The van der Waals surface area contributed by atoms with Crippen LogP contribution in [0.3, 0.4) is 0 Å². The minimum atomic E-state index is -0.884. The first-order chi connectivity index (χ1) is 7.48. The Balaban J connectivity index is 2.43. The summed E-state index contributed by atoms with van der Waals surface area (Å²) in [4.78, 5) is 31.4. The van der Waals surface area contributed by atoms with Gasteiger partial charge in [-0.05, 0) is 33.1 Å². The third kappa shape index (κ3) is 3.28. The first-order valence-electron chi connectivity index (χ1n) is 5.49. The van der Waals surface area contributed by atoms with Crippen LogP contribution in [0.25, 0.3) is 0 Å². The van der Waals surface area contributed by atoms with Gasteiger partial charge in [-0.25, -0.2) is 9.78 Å². The lowest BCUT2D eigenvalue weighted by Crippen LogP contribution is -2.41. The summed E-state index contributed by atoms with van der Waals surface area (Å²) in [6.07, 6.45) is 2.83. The van der Waals surface area contributed by atoms with Crippen LogP contribution < -0.4 is 0 Å². The van der Waals surface area contributed by atoms with E-state index in [2.05, 4.69) is 0 Å². The summed E-state index contributed by atoms with van der Waals surface area (Å²) >= 11 is 0. The van der Waals surface area contributed by atoms with Crippen molar-refractivity contribution in [2.24, 2.45) is 5.92 Å². The summed E-state index contributed by atoms with van der Waals surface area (Å²) in [6, 6.07) is 0. The van der Waals surface area contributed by atoms with Gasteiger partial charge in [0.05, 0.1) is 5.92 Å². The molecule has 1 unspecified atom stereocenters. The van der Waals surface area contributed by atoms with Crippen molar-refractivity contribution in [3.63, 3.8) is 0 Å². The molecule has 5 heteroatoms. The Morgan fingerprint density at radius 2 is 2.38 bits per heavy atom. The molecule has 0 saturated carbocycles. The van der Waals surface area contributed by atoms with Gasteiger partial charge >= 0.3 is 5.97 Å². The van der Waals surface area contributed by atoms with Crippen LogP contribution in [0.15, 0.2) is 0 Å². The van der Waals surface area contributed by atoms with Crippen molar-refractivity contribution in [1.82, 2.24) is 0 Å². The molecule has 0 aromatic heterocycles. The molecule has 0 aromatic carbocycles. The number of carbonyl (C=O) groups excluding carboxylic acids is 1. The molecule has 1 saturated heterocycles. The second-order valence-electron chi connectivity index (χ2n) is 4.54. The van der Waals surface area contributed by atoms with Crippen LogP contribution in [0.2, 0.25) is 0 Å².